The van der Waals surface area contributed by atoms with Gasteiger partial charge in [0.05, 0.1) is 17.8 Å². The minimum atomic E-state index is -0.368. The van der Waals surface area contributed by atoms with Crippen LogP contribution in [0.25, 0.3) is 0 Å². The second-order valence-electron chi connectivity index (χ2n) is 7.42. The minimum absolute atomic E-state index is 0.330. The smallest absolute Gasteiger partial charge is 0.478 e. The third-order valence-electron chi connectivity index (χ3n) is 5.10. The molecule has 1 aromatic heterocycles. The average molecular weight is 318 g/mol. The molecule has 0 radical (unpaired) electrons. The molecule has 0 amide bonds. The largest absolute Gasteiger partial charge is 0.496 e. The zero-order valence-corrected chi connectivity index (χ0v) is 14.7. The van der Waals surface area contributed by atoms with E-state index in [-0.39, 0.29) is 18.3 Å². The van der Waals surface area contributed by atoms with E-state index in [4.69, 9.17) is 14.0 Å². The SMILES string of the molecule is CC1(C)OB(c2ccc(OCCCN3CCC3)nc2)OC1(C)C. The van der Waals surface area contributed by atoms with Gasteiger partial charge in [-0.15, -0.1) is 0 Å². The molecule has 0 atom stereocenters. The Bertz CT molecular complexity index is 513. The fourth-order valence-corrected chi connectivity index (χ4v) is 2.67. The third kappa shape index (κ3) is 3.70. The van der Waals surface area contributed by atoms with Crippen LogP contribution in [-0.2, 0) is 9.31 Å². The number of likely N-dealkylation sites (tertiary alicyclic amines) is 1. The molecule has 0 saturated carbocycles. The summed E-state index contributed by atoms with van der Waals surface area (Å²) in [5.74, 6) is 0.661. The lowest BCUT2D eigenvalue weighted by Gasteiger charge is -2.32. The number of hydrogen-bond acceptors (Lipinski definition) is 5. The Morgan fingerprint density at radius 2 is 1.87 bits per heavy atom. The van der Waals surface area contributed by atoms with E-state index in [1.54, 1.807) is 6.20 Å². The van der Waals surface area contributed by atoms with Crippen LogP contribution in [-0.4, -0.2) is 54.4 Å². The van der Waals surface area contributed by atoms with E-state index < -0.39 is 0 Å². The van der Waals surface area contributed by atoms with Crippen LogP contribution in [0.3, 0.4) is 0 Å². The van der Waals surface area contributed by atoms with Gasteiger partial charge in [0.15, 0.2) is 0 Å². The van der Waals surface area contributed by atoms with Gasteiger partial charge in [0.25, 0.3) is 0 Å². The van der Waals surface area contributed by atoms with Crippen LogP contribution in [0.2, 0.25) is 0 Å². The van der Waals surface area contributed by atoms with Gasteiger partial charge < -0.3 is 18.9 Å². The molecule has 3 rings (SSSR count). The lowest BCUT2D eigenvalue weighted by atomic mass is 9.80. The first-order chi connectivity index (χ1) is 10.9. The number of ether oxygens (including phenoxy) is 1. The molecule has 0 unspecified atom stereocenters. The normalized spacial score (nSPS) is 22.9. The fraction of sp³-hybridized carbons (Fsp3) is 0.706. The Labute approximate surface area is 139 Å². The van der Waals surface area contributed by atoms with Crippen LogP contribution in [0.15, 0.2) is 18.3 Å². The maximum atomic E-state index is 6.03. The van der Waals surface area contributed by atoms with Crippen molar-refractivity contribution in [3.8, 4) is 5.88 Å². The molecule has 0 aliphatic carbocycles. The van der Waals surface area contributed by atoms with E-state index in [0.29, 0.717) is 12.5 Å². The molecular formula is C17H27BN2O3. The van der Waals surface area contributed by atoms with Crippen LogP contribution in [0.1, 0.15) is 40.5 Å². The summed E-state index contributed by atoms with van der Waals surface area (Å²) in [7, 11) is -0.368. The Hall–Kier alpha value is -1.11. The highest BCUT2D eigenvalue weighted by molar-refractivity contribution is 6.62. The number of aromatic nitrogens is 1. The van der Waals surface area contributed by atoms with E-state index in [1.165, 1.54) is 19.5 Å². The standard InChI is InChI=1S/C17H27BN2O3/c1-16(2)17(3,4)23-18(22-16)14-7-8-15(19-13-14)21-12-6-11-20-9-5-10-20/h7-8,13H,5-6,9-12H2,1-4H3. The summed E-state index contributed by atoms with van der Waals surface area (Å²) in [6.07, 6.45) is 4.16. The van der Waals surface area contributed by atoms with Crippen LogP contribution >= 0.6 is 0 Å². The summed E-state index contributed by atoms with van der Waals surface area (Å²) >= 11 is 0. The highest BCUT2D eigenvalue weighted by atomic mass is 16.7. The molecular weight excluding hydrogens is 291 g/mol. The van der Waals surface area contributed by atoms with Crippen LogP contribution in [0, 0.1) is 0 Å². The molecule has 126 valence electrons. The van der Waals surface area contributed by atoms with Crippen molar-refractivity contribution in [2.75, 3.05) is 26.2 Å². The number of nitrogens with zero attached hydrogens (tertiary/aromatic N) is 2. The average Bonchev–Trinajstić information content (AvgIpc) is 2.66. The monoisotopic (exact) mass is 318 g/mol. The molecule has 23 heavy (non-hydrogen) atoms. The fourth-order valence-electron chi connectivity index (χ4n) is 2.67. The molecule has 0 spiro atoms. The molecule has 2 saturated heterocycles. The summed E-state index contributed by atoms with van der Waals surface area (Å²) in [5.41, 5.74) is 0.268. The molecule has 0 N–H and O–H groups in total. The maximum Gasteiger partial charge on any atom is 0.496 e. The summed E-state index contributed by atoms with van der Waals surface area (Å²) in [6, 6.07) is 3.86. The van der Waals surface area contributed by atoms with E-state index in [2.05, 4.69) is 37.6 Å². The first-order valence-electron chi connectivity index (χ1n) is 8.54. The molecule has 3 heterocycles. The van der Waals surface area contributed by atoms with Gasteiger partial charge in [0, 0.05) is 18.2 Å². The Balaban J connectivity index is 1.49. The first kappa shape index (κ1) is 16.7. The van der Waals surface area contributed by atoms with Crippen molar-refractivity contribution in [1.82, 2.24) is 9.88 Å². The van der Waals surface area contributed by atoms with Crippen molar-refractivity contribution in [3.05, 3.63) is 18.3 Å². The number of hydrogen-bond donors (Lipinski definition) is 0. The predicted molar refractivity (Wildman–Crippen MR) is 91.1 cm³/mol. The van der Waals surface area contributed by atoms with E-state index in [9.17, 15) is 0 Å². The molecule has 0 aromatic carbocycles. The van der Waals surface area contributed by atoms with E-state index in [0.717, 1.165) is 18.4 Å². The molecule has 1 aromatic rings. The summed E-state index contributed by atoms with van der Waals surface area (Å²) in [5, 5.41) is 0. The van der Waals surface area contributed by atoms with Gasteiger partial charge in [-0.25, -0.2) is 4.98 Å². The topological polar surface area (TPSA) is 43.8 Å². The van der Waals surface area contributed by atoms with Gasteiger partial charge >= 0.3 is 7.12 Å². The maximum absolute atomic E-state index is 6.03. The van der Waals surface area contributed by atoms with Crippen LogP contribution in [0.5, 0.6) is 5.88 Å². The highest BCUT2D eigenvalue weighted by Crippen LogP contribution is 2.36. The predicted octanol–water partition coefficient (Wildman–Crippen LogP) is 1.86. The quantitative estimate of drug-likeness (QED) is 0.592. The molecule has 2 aliphatic heterocycles. The lowest BCUT2D eigenvalue weighted by Crippen LogP contribution is -2.41. The molecule has 0 bridgehead atoms. The Morgan fingerprint density at radius 1 is 1.17 bits per heavy atom. The number of rotatable bonds is 6. The molecule has 2 aliphatic rings. The second kappa shape index (κ2) is 6.42. The summed E-state index contributed by atoms with van der Waals surface area (Å²) in [6.45, 7) is 12.5. The zero-order valence-electron chi connectivity index (χ0n) is 14.7. The van der Waals surface area contributed by atoms with Crippen molar-refractivity contribution in [2.45, 2.75) is 51.7 Å². The van der Waals surface area contributed by atoms with Gasteiger partial charge in [-0.1, -0.05) is 6.07 Å². The van der Waals surface area contributed by atoms with Gasteiger partial charge in [0.1, 0.15) is 0 Å². The summed E-state index contributed by atoms with van der Waals surface area (Å²) in [4.78, 5) is 6.82. The second-order valence-corrected chi connectivity index (χ2v) is 7.42. The minimum Gasteiger partial charge on any atom is -0.478 e. The Morgan fingerprint density at radius 3 is 2.39 bits per heavy atom. The van der Waals surface area contributed by atoms with E-state index >= 15 is 0 Å². The Kier molecular flexibility index (Phi) is 4.67. The molecule has 2 fully saturated rings. The summed E-state index contributed by atoms with van der Waals surface area (Å²) < 4.78 is 17.8. The molecule has 5 nitrogen and oxygen atoms in total. The lowest BCUT2D eigenvalue weighted by molar-refractivity contribution is 0.00578. The van der Waals surface area contributed by atoms with Gasteiger partial charge in [-0.2, -0.15) is 0 Å². The van der Waals surface area contributed by atoms with Crippen molar-refractivity contribution >= 4 is 12.6 Å². The highest BCUT2D eigenvalue weighted by Gasteiger charge is 2.51. The molecule has 6 heteroatoms. The van der Waals surface area contributed by atoms with Crippen molar-refractivity contribution in [3.63, 3.8) is 0 Å². The number of pyridine rings is 1. The zero-order chi connectivity index (χ0) is 16.5. The van der Waals surface area contributed by atoms with Gasteiger partial charge in [0.2, 0.25) is 5.88 Å². The van der Waals surface area contributed by atoms with Gasteiger partial charge in [-0.05, 0) is 59.7 Å². The van der Waals surface area contributed by atoms with Gasteiger partial charge in [-0.3, -0.25) is 0 Å². The van der Waals surface area contributed by atoms with Crippen molar-refractivity contribution in [2.24, 2.45) is 0 Å². The van der Waals surface area contributed by atoms with Crippen molar-refractivity contribution < 1.29 is 14.0 Å². The van der Waals surface area contributed by atoms with Crippen LogP contribution < -0.4 is 10.2 Å². The van der Waals surface area contributed by atoms with Crippen molar-refractivity contribution in [1.29, 1.82) is 0 Å². The first-order valence-corrected chi connectivity index (χ1v) is 8.54. The van der Waals surface area contributed by atoms with E-state index in [1.807, 2.05) is 12.1 Å². The third-order valence-corrected chi connectivity index (χ3v) is 5.10. The van der Waals surface area contributed by atoms with Crippen LogP contribution in [0.4, 0.5) is 0 Å².